The van der Waals surface area contributed by atoms with Crippen LogP contribution < -0.4 is 10.2 Å². The fourth-order valence-corrected chi connectivity index (χ4v) is 2.51. The third-order valence-electron chi connectivity index (χ3n) is 3.44. The van der Waals surface area contributed by atoms with Crippen LogP contribution in [0.1, 0.15) is 43.9 Å². The molecule has 0 bridgehead atoms. The summed E-state index contributed by atoms with van der Waals surface area (Å²) in [4.78, 5) is 14.4. The van der Waals surface area contributed by atoms with E-state index >= 15 is 0 Å². The van der Waals surface area contributed by atoms with Crippen molar-refractivity contribution >= 4 is 11.6 Å². The van der Waals surface area contributed by atoms with E-state index < -0.39 is 0 Å². The predicted octanol–water partition coefficient (Wildman–Crippen LogP) is 2.79. The maximum atomic E-state index is 12.4. The Morgan fingerprint density at radius 3 is 2.78 bits per heavy atom. The molecule has 0 aromatic heterocycles. The number of hydrogen-bond donors (Lipinski definition) is 1. The first kappa shape index (κ1) is 13.1. The van der Waals surface area contributed by atoms with Crippen LogP contribution in [0.25, 0.3) is 0 Å². The summed E-state index contributed by atoms with van der Waals surface area (Å²) < 4.78 is 0. The number of likely N-dealkylation sites (N-methyl/N-ethyl adjacent to an activating group) is 1. The van der Waals surface area contributed by atoms with Gasteiger partial charge in [0.2, 0.25) is 5.91 Å². The average Bonchev–Trinajstić information content (AvgIpc) is 2.61. The number of unbranched alkanes of at least 4 members (excludes halogenated alkanes) is 1. The number of hydrogen-bond acceptors (Lipinski definition) is 2. The van der Waals surface area contributed by atoms with Crippen LogP contribution >= 0.6 is 0 Å². The van der Waals surface area contributed by atoms with Gasteiger partial charge in [0.05, 0.1) is 0 Å². The van der Waals surface area contributed by atoms with Gasteiger partial charge >= 0.3 is 0 Å². The molecule has 3 nitrogen and oxygen atoms in total. The fraction of sp³-hybridized carbons (Fsp3) is 0.533. The third-order valence-corrected chi connectivity index (χ3v) is 3.44. The number of amides is 1. The predicted molar refractivity (Wildman–Crippen MR) is 74.9 cm³/mol. The van der Waals surface area contributed by atoms with E-state index in [1.54, 1.807) is 0 Å². The van der Waals surface area contributed by atoms with E-state index in [9.17, 15) is 4.79 Å². The van der Waals surface area contributed by atoms with E-state index in [1.165, 1.54) is 5.56 Å². The van der Waals surface area contributed by atoms with E-state index in [-0.39, 0.29) is 11.9 Å². The van der Waals surface area contributed by atoms with Gasteiger partial charge in [0, 0.05) is 17.8 Å². The molecule has 0 radical (unpaired) electrons. The molecule has 1 aliphatic rings. The monoisotopic (exact) mass is 246 g/mol. The molecule has 0 aliphatic carbocycles. The molecule has 0 saturated carbocycles. The number of fused-ring (bicyclic) bond motifs is 1. The number of carbonyl (C=O) groups excluding carboxylic acids is 1. The summed E-state index contributed by atoms with van der Waals surface area (Å²) in [7, 11) is 0. The summed E-state index contributed by atoms with van der Waals surface area (Å²) in [6.07, 6.45) is 2.16. The zero-order valence-electron chi connectivity index (χ0n) is 11.5. The summed E-state index contributed by atoms with van der Waals surface area (Å²) in [6, 6.07) is 6.14. The number of rotatable bonds is 5. The maximum absolute atomic E-state index is 12.4. The van der Waals surface area contributed by atoms with Crippen LogP contribution in [0.2, 0.25) is 0 Å². The van der Waals surface area contributed by atoms with Crippen LogP contribution in [0.3, 0.4) is 0 Å². The Kier molecular flexibility index (Phi) is 4.02. The number of nitrogens with zero attached hydrogens (tertiary/aromatic N) is 1. The second-order valence-electron chi connectivity index (χ2n) is 4.90. The molecule has 2 rings (SSSR count). The molecule has 1 N–H and O–H groups in total. The van der Waals surface area contributed by atoms with Gasteiger partial charge in [-0.3, -0.25) is 4.79 Å². The van der Waals surface area contributed by atoms with Crippen molar-refractivity contribution in [1.82, 2.24) is 5.32 Å². The molecule has 3 heteroatoms. The third kappa shape index (κ3) is 2.27. The van der Waals surface area contributed by atoms with Crippen LogP contribution in [0.15, 0.2) is 18.2 Å². The van der Waals surface area contributed by atoms with Crippen molar-refractivity contribution in [3.8, 4) is 0 Å². The van der Waals surface area contributed by atoms with Crippen molar-refractivity contribution in [1.29, 1.82) is 0 Å². The van der Waals surface area contributed by atoms with E-state index in [4.69, 9.17) is 0 Å². The lowest BCUT2D eigenvalue weighted by atomic mass is 10.1. The van der Waals surface area contributed by atoms with E-state index in [0.29, 0.717) is 0 Å². The van der Waals surface area contributed by atoms with Crippen LogP contribution in [-0.4, -0.2) is 19.0 Å². The van der Waals surface area contributed by atoms with Crippen molar-refractivity contribution in [2.75, 3.05) is 18.0 Å². The molecule has 1 aliphatic heterocycles. The number of aryl methyl sites for hydroxylation is 1. The van der Waals surface area contributed by atoms with Crippen LogP contribution in [0, 0.1) is 6.92 Å². The van der Waals surface area contributed by atoms with Gasteiger partial charge in [0.25, 0.3) is 0 Å². The topological polar surface area (TPSA) is 32.3 Å². The highest BCUT2D eigenvalue weighted by atomic mass is 16.2. The molecular formula is C15H22N2O. The van der Waals surface area contributed by atoms with Crippen LogP contribution in [0.5, 0.6) is 0 Å². The summed E-state index contributed by atoms with van der Waals surface area (Å²) in [5, 5.41) is 3.29. The molecule has 1 aromatic carbocycles. The first-order valence-corrected chi connectivity index (χ1v) is 6.84. The minimum absolute atomic E-state index is 0.151. The second kappa shape index (κ2) is 5.53. The maximum Gasteiger partial charge on any atom is 0.248 e. The zero-order chi connectivity index (χ0) is 13.1. The second-order valence-corrected chi connectivity index (χ2v) is 4.90. The number of anilines is 1. The minimum Gasteiger partial charge on any atom is -0.310 e. The van der Waals surface area contributed by atoms with Crippen molar-refractivity contribution in [2.24, 2.45) is 0 Å². The molecular weight excluding hydrogens is 224 g/mol. The molecule has 98 valence electrons. The van der Waals surface area contributed by atoms with Crippen molar-refractivity contribution in [3.63, 3.8) is 0 Å². The SMILES string of the molecule is CCCCN1C(=O)C(NCC)c2cc(C)ccc21. The van der Waals surface area contributed by atoms with Crippen molar-refractivity contribution in [3.05, 3.63) is 29.3 Å². The average molecular weight is 246 g/mol. The van der Waals surface area contributed by atoms with E-state index in [2.05, 4.69) is 37.4 Å². The molecule has 1 atom stereocenters. The number of benzene rings is 1. The Morgan fingerprint density at radius 1 is 1.33 bits per heavy atom. The Balaban J connectivity index is 2.34. The van der Waals surface area contributed by atoms with E-state index in [1.807, 2.05) is 11.8 Å². The molecule has 1 amide bonds. The Bertz CT molecular complexity index is 442. The Morgan fingerprint density at radius 2 is 2.11 bits per heavy atom. The lowest BCUT2D eigenvalue weighted by Crippen LogP contribution is -2.35. The highest BCUT2D eigenvalue weighted by molar-refractivity contribution is 6.04. The summed E-state index contributed by atoms with van der Waals surface area (Å²) in [6.45, 7) is 7.90. The minimum atomic E-state index is -0.151. The molecule has 18 heavy (non-hydrogen) atoms. The van der Waals surface area contributed by atoms with Gasteiger partial charge in [-0.15, -0.1) is 0 Å². The van der Waals surface area contributed by atoms with Gasteiger partial charge in [-0.2, -0.15) is 0 Å². The largest absolute Gasteiger partial charge is 0.310 e. The first-order chi connectivity index (χ1) is 8.69. The molecule has 1 unspecified atom stereocenters. The molecule has 1 aromatic rings. The molecule has 0 fully saturated rings. The summed E-state index contributed by atoms with van der Waals surface area (Å²) in [5.41, 5.74) is 3.43. The van der Waals surface area contributed by atoms with Crippen LogP contribution in [-0.2, 0) is 4.79 Å². The summed E-state index contributed by atoms with van der Waals surface area (Å²) in [5.74, 6) is 0.200. The Labute approximate surface area is 109 Å². The normalized spacial score (nSPS) is 18.3. The van der Waals surface area contributed by atoms with Gasteiger partial charge in [-0.25, -0.2) is 0 Å². The van der Waals surface area contributed by atoms with Crippen molar-refractivity contribution in [2.45, 2.75) is 39.7 Å². The lowest BCUT2D eigenvalue weighted by molar-refractivity contribution is -0.120. The number of carbonyl (C=O) groups is 1. The van der Waals surface area contributed by atoms with E-state index in [0.717, 1.165) is 37.2 Å². The zero-order valence-corrected chi connectivity index (χ0v) is 11.5. The van der Waals surface area contributed by atoms with Gasteiger partial charge in [-0.05, 0) is 26.0 Å². The lowest BCUT2D eigenvalue weighted by Gasteiger charge is -2.17. The quantitative estimate of drug-likeness (QED) is 0.866. The highest BCUT2D eigenvalue weighted by Crippen LogP contribution is 2.36. The van der Waals surface area contributed by atoms with Gasteiger partial charge in [0.15, 0.2) is 0 Å². The van der Waals surface area contributed by atoms with Gasteiger partial charge < -0.3 is 10.2 Å². The van der Waals surface area contributed by atoms with Gasteiger partial charge in [-0.1, -0.05) is 38.0 Å². The van der Waals surface area contributed by atoms with Crippen LogP contribution in [0.4, 0.5) is 5.69 Å². The Hall–Kier alpha value is -1.35. The van der Waals surface area contributed by atoms with Gasteiger partial charge in [0.1, 0.15) is 6.04 Å². The standard InChI is InChI=1S/C15H22N2O/c1-4-6-9-17-13-8-7-11(3)10-12(13)14(15(17)18)16-5-2/h7-8,10,14,16H,4-6,9H2,1-3H3. The first-order valence-electron chi connectivity index (χ1n) is 6.84. The highest BCUT2D eigenvalue weighted by Gasteiger charge is 2.36. The molecule has 0 saturated heterocycles. The summed E-state index contributed by atoms with van der Waals surface area (Å²) >= 11 is 0. The number of nitrogens with one attached hydrogen (secondary N) is 1. The molecule has 1 heterocycles. The fourth-order valence-electron chi connectivity index (χ4n) is 2.51. The molecule has 0 spiro atoms. The van der Waals surface area contributed by atoms with Crippen molar-refractivity contribution < 1.29 is 4.79 Å². The smallest absolute Gasteiger partial charge is 0.248 e.